The Morgan fingerprint density at radius 1 is 0.462 bits per heavy atom. The minimum absolute atomic E-state index is 0.347. The van der Waals surface area contributed by atoms with Crippen molar-refractivity contribution in [3.63, 3.8) is 0 Å². The molecule has 180 valence electrons. The van der Waals surface area contributed by atoms with Crippen LogP contribution in [0.4, 0.5) is 5.69 Å². The molecule has 0 N–H and O–H groups in total. The van der Waals surface area contributed by atoms with Gasteiger partial charge in [0.15, 0.2) is 0 Å². The lowest BCUT2D eigenvalue weighted by atomic mass is 9.70. The number of hydrogen-bond acceptors (Lipinski definition) is 1. The van der Waals surface area contributed by atoms with Crippen molar-refractivity contribution in [3.05, 3.63) is 167 Å². The number of aromatic nitrogens is 1. The van der Waals surface area contributed by atoms with Crippen LogP contribution in [-0.4, -0.2) is 4.98 Å². The standard InChI is InChI=1S/C37H22N2/c1-38-28-20-27(22-39-23-28)25-10-8-9-24(19-25)26-17-18-32-31-13-4-7-16-35(31)37(36(32)21-26)33-14-5-2-11-29(33)30-12-3-6-15-34(30)37/h2-23H. The first-order valence-corrected chi connectivity index (χ1v) is 13.2. The smallest absolute Gasteiger partial charge is 0.205 e. The van der Waals surface area contributed by atoms with E-state index in [1.54, 1.807) is 6.20 Å². The third-order valence-corrected chi connectivity index (χ3v) is 8.38. The predicted octanol–water partition coefficient (Wildman–Crippen LogP) is 9.31. The molecule has 1 spiro atoms. The van der Waals surface area contributed by atoms with Gasteiger partial charge in [0.05, 0.1) is 12.0 Å². The minimum atomic E-state index is -0.347. The van der Waals surface area contributed by atoms with Crippen LogP contribution in [-0.2, 0) is 5.41 Å². The van der Waals surface area contributed by atoms with E-state index in [2.05, 4.69) is 125 Å². The van der Waals surface area contributed by atoms with E-state index in [4.69, 9.17) is 6.57 Å². The number of hydrogen-bond donors (Lipinski definition) is 0. The fraction of sp³-hybridized carbons (Fsp3) is 0.0270. The maximum atomic E-state index is 7.37. The summed E-state index contributed by atoms with van der Waals surface area (Å²) in [5.41, 5.74) is 15.2. The van der Waals surface area contributed by atoms with Crippen LogP contribution in [0, 0.1) is 6.57 Å². The monoisotopic (exact) mass is 494 g/mol. The number of pyridine rings is 1. The van der Waals surface area contributed by atoms with Crippen molar-refractivity contribution in [1.82, 2.24) is 4.98 Å². The Kier molecular flexibility index (Phi) is 4.54. The van der Waals surface area contributed by atoms with Crippen molar-refractivity contribution in [2.24, 2.45) is 0 Å². The first kappa shape index (κ1) is 21.8. The zero-order valence-electron chi connectivity index (χ0n) is 21.1. The topological polar surface area (TPSA) is 17.2 Å². The third kappa shape index (κ3) is 2.93. The van der Waals surface area contributed by atoms with Gasteiger partial charge in [-0.3, -0.25) is 4.98 Å². The second kappa shape index (κ2) is 8.12. The molecule has 0 unspecified atom stereocenters. The highest BCUT2D eigenvalue weighted by Gasteiger charge is 2.51. The molecule has 0 amide bonds. The van der Waals surface area contributed by atoms with Crippen LogP contribution >= 0.6 is 0 Å². The molecular weight excluding hydrogens is 472 g/mol. The van der Waals surface area contributed by atoms with Crippen molar-refractivity contribution in [2.45, 2.75) is 5.41 Å². The van der Waals surface area contributed by atoms with Crippen LogP contribution in [0.1, 0.15) is 22.3 Å². The molecule has 5 aromatic carbocycles. The Bertz CT molecular complexity index is 1930. The normalized spacial score (nSPS) is 13.3. The molecule has 0 fully saturated rings. The molecule has 0 radical (unpaired) electrons. The van der Waals surface area contributed by atoms with Gasteiger partial charge in [0.2, 0.25) is 5.69 Å². The molecule has 2 aliphatic carbocycles. The van der Waals surface area contributed by atoms with E-state index in [1.165, 1.54) is 50.1 Å². The molecule has 1 aromatic heterocycles. The lowest BCUT2D eigenvalue weighted by molar-refractivity contribution is 0.794. The fourth-order valence-corrected chi connectivity index (χ4v) is 6.80. The van der Waals surface area contributed by atoms with Gasteiger partial charge in [-0.15, -0.1) is 0 Å². The summed E-state index contributed by atoms with van der Waals surface area (Å²) < 4.78 is 0. The fourth-order valence-electron chi connectivity index (χ4n) is 6.80. The average molecular weight is 495 g/mol. The first-order valence-electron chi connectivity index (χ1n) is 13.2. The van der Waals surface area contributed by atoms with E-state index in [9.17, 15) is 0 Å². The molecule has 39 heavy (non-hydrogen) atoms. The molecule has 0 aliphatic heterocycles. The van der Waals surface area contributed by atoms with Crippen molar-refractivity contribution < 1.29 is 0 Å². The summed E-state index contributed by atoms with van der Waals surface area (Å²) in [6, 6.07) is 44.1. The maximum absolute atomic E-state index is 7.37. The number of rotatable bonds is 2. The summed E-state index contributed by atoms with van der Waals surface area (Å²) >= 11 is 0. The van der Waals surface area contributed by atoms with Gasteiger partial charge in [0.1, 0.15) is 0 Å². The Morgan fingerprint density at radius 3 is 1.62 bits per heavy atom. The Labute approximate surface area is 227 Å². The molecule has 0 saturated heterocycles. The predicted molar refractivity (Wildman–Crippen MR) is 158 cm³/mol. The third-order valence-electron chi connectivity index (χ3n) is 8.38. The molecule has 0 saturated carbocycles. The van der Waals surface area contributed by atoms with Crippen LogP contribution in [0.5, 0.6) is 0 Å². The zero-order chi connectivity index (χ0) is 26.0. The summed E-state index contributed by atoms with van der Waals surface area (Å²) in [4.78, 5) is 7.84. The number of fused-ring (bicyclic) bond motifs is 10. The minimum Gasteiger partial charge on any atom is -0.276 e. The second-order valence-corrected chi connectivity index (χ2v) is 10.3. The van der Waals surface area contributed by atoms with Crippen LogP contribution in [0.2, 0.25) is 0 Å². The van der Waals surface area contributed by atoms with Gasteiger partial charge in [-0.1, -0.05) is 103 Å². The Hall–Kier alpha value is -5.26. The van der Waals surface area contributed by atoms with E-state index >= 15 is 0 Å². The average Bonchev–Trinajstić information content (AvgIpc) is 3.48. The summed E-state index contributed by atoms with van der Waals surface area (Å²) in [5.74, 6) is 0. The molecule has 6 aromatic rings. The van der Waals surface area contributed by atoms with Gasteiger partial charge in [-0.2, -0.15) is 0 Å². The summed E-state index contributed by atoms with van der Waals surface area (Å²) in [5, 5.41) is 0. The van der Waals surface area contributed by atoms with Crippen LogP contribution < -0.4 is 0 Å². The SMILES string of the molecule is [C-]#[N+]c1cncc(-c2cccc(-c3ccc4c(c3)C3(c5ccccc5-c5ccccc53)c3ccccc3-4)c2)c1. The zero-order valence-corrected chi connectivity index (χ0v) is 21.1. The molecule has 2 heteroatoms. The van der Waals surface area contributed by atoms with Crippen molar-refractivity contribution in [1.29, 1.82) is 0 Å². The highest BCUT2D eigenvalue weighted by molar-refractivity contribution is 5.96. The van der Waals surface area contributed by atoms with E-state index in [1.807, 2.05) is 12.3 Å². The van der Waals surface area contributed by atoms with Gasteiger partial charge >= 0.3 is 0 Å². The second-order valence-electron chi connectivity index (χ2n) is 10.3. The highest BCUT2D eigenvalue weighted by Crippen LogP contribution is 2.62. The van der Waals surface area contributed by atoms with E-state index in [-0.39, 0.29) is 5.41 Å². The van der Waals surface area contributed by atoms with E-state index in [0.29, 0.717) is 5.69 Å². The number of nitrogens with zero attached hydrogens (tertiary/aromatic N) is 2. The quantitative estimate of drug-likeness (QED) is 0.219. The molecule has 0 atom stereocenters. The summed E-state index contributed by atoms with van der Waals surface area (Å²) in [7, 11) is 0. The summed E-state index contributed by atoms with van der Waals surface area (Å²) in [6.07, 6.45) is 3.43. The molecule has 0 bridgehead atoms. The lowest BCUT2D eigenvalue weighted by Gasteiger charge is -2.30. The van der Waals surface area contributed by atoms with E-state index < -0.39 is 0 Å². The molecule has 2 nitrogen and oxygen atoms in total. The van der Waals surface area contributed by atoms with Gasteiger partial charge in [-0.05, 0) is 85.0 Å². The largest absolute Gasteiger partial charge is 0.276 e. The van der Waals surface area contributed by atoms with Crippen molar-refractivity contribution in [3.8, 4) is 44.5 Å². The Morgan fingerprint density at radius 2 is 1.00 bits per heavy atom. The van der Waals surface area contributed by atoms with Gasteiger partial charge in [0.25, 0.3) is 0 Å². The molecule has 8 rings (SSSR count). The molecule has 1 heterocycles. The van der Waals surface area contributed by atoms with Gasteiger partial charge < -0.3 is 0 Å². The summed E-state index contributed by atoms with van der Waals surface area (Å²) in [6.45, 7) is 7.37. The maximum Gasteiger partial charge on any atom is 0.205 e. The van der Waals surface area contributed by atoms with E-state index in [0.717, 1.165) is 16.7 Å². The molecule has 2 aliphatic rings. The van der Waals surface area contributed by atoms with Crippen molar-refractivity contribution >= 4 is 5.69 Å². The van der Waals surface area contributed by atoms with Crippen molar-refractivity contribution in [2.75, 3.05) is 0 Å². The molecular formula is C37H22N2. The lowest BCUT2D eigenvalue weighted by Crippen LogP contribution is -2.25. The first-order chi connectivity index (χ1) is 19.3. The van der Waals surface area contributed by atoms with Crippen LogP contribution in [0.15, 0.2) is 134 Å². The van der Waals surface area contributed by atoms with Gasteiger partial charge in [0, 0.05) is 12.4 Å². The number of benzene rings is 5. The van der Waals surface area contributed by atoms with Gasteiger partial charge in [-0.25, -0.2) is 4.85 Å². The van der Waals surface area contributed by atoms with Crippen LogP contribution in [0.25, 0.3) is 49.4 Å². The Balaban J connectivity index is 1.38. The van der Waals surface area contributed by atoms with Crippen LogP contribution in [0.3, 0.4) is 0 Å². The highest BCUT2D eigenvalue weighted by atomic mass is 14.7.